The van der Waals surface area contributed by atoms with Crippen LogP contribution in [-0.2, 0) is 0 Å². The largest absolute Gasteiger partial charge is 0.390 e. The zero-order valence-corrected chi connectivity index (χ0v) is 8.31. The molecule has 6 heteroatoms. The van der Waals surface area contributed by atoms with Crippen LogP contribution in [0.25, 0.3) is 0 Å². The molecule has 0 saturated heterocycles. The Morgan fingerprint density at radius 2 is 2.07 bits per heavy atom. The summed E-state index contributed by atoms with van der Waals surface area (Å²) in [6, 6.07) is 1.19. The van der Waals surface area contributed by atoms with Crippen LogP contribution < -0.4 is 5.73 Å². The molecule has 15 heavy (non-hydrogen) atoms. The zero-order chi connectivity index (χ0) is 11.6. The van der Waals surface area contributed by atoms with Crippen molar-refractivity contribution in [2.24, 2.45) is 5.73 Å². The summed E-state index contributed by atoms with van der Waals surface area (Å²) in [4.78, 5) is 0. The number of halogens is 4. The lowest BCUT2D eigenvalue weighted by Crippen LogP contribution is -2.36. The summed E-state index contributed by atoms with van der Waals surface area (Å²) in [5, 5.41) is 8.24. The Morgan fingerprint density at radius 1 is 1.47 bits per heavy atom. The molecule has 0 unspecified atom stereocenters. The van der Waals surface area contributed by atoms with E-state index in [0.29, 0.717) is 0 Å². The van der Waals surface area contributed by atoms with Crippen LogP contribution in [0.5, 0.6) is 0 Å². The van der Waals surface area contributed by atoms with Gasteiger partial charge in [-0.1, -0.05) is 17.7 Å². The lowest BCUT2D eigenvalue weighted by molar-refractivity contribution is -0.0711. The predicted octanol–water partition coefficient (Wildman–Crippen LogP) is 2.11. The highest BCUT2D eigenvalue weighted by Gasteiger charge is 2.38. The molecule has 0 fully saturated rings. The van der Waals surface area contributed by atoms with Crippen LogP contribution in [0, 0.1) is 5.82 Å². The van der Waals surface area contributed by atoms with Crippen LogP contribution in [0.3, 0.4) is 0 Å². The van der Waals surface area contributed by atoms with E-state index in [4.69, 9.17) is 22.4 Å². The molecule has 2 nitrogen and oxygen atoms in total. The minimum absolute atomic E-state index is 0.0999. The molecule has 0 spiro atoms. The number of rotatable bonds is 3. The van der Waals surface area contributed by atoms with Gasteiger partial charge in [-0.2, -0.15) is 0 Å². The summed E-state index contributed by atoms with van der Waals surface area (Å²) in [6.45, 7) is -1.39. The van der Waals surface area contributed by atoms with Crippen LogP contribution in [0.1, 0.15) is 11.6 Å². The second-order valence-corrected chi connectivity index (χ2v) is 3.47. The smallest absolute Gasteiger partial charge is 0.289 e. The van der Waals surface area contributed by atoms with Gasteiger partial charge in [-0.3, -0.25) is 0 Å². The van der Waals surface area contributed by atoms with E-state index in [9.17, 15) is 13.2 Å². The number of hydrogen-bond donors (Lipinski definition) is 2. The molecular formula is C9H9ClF3NO. The molecule has 0 heterocycles. The zero-order valence-electron chi connectivity index (χ0n) is 7.55. The van der Waals surface area contributed by atoms with E-state index in [1.807, 2.05) is 0 Å². The predicted molar refractivity (Wildman–Crippen MR) is 50.4 cm³/mol. The third-order valence-corrected chi connectivity index (χ3v) is 2.29. The van der Waals surface area contributed by atoms with Gasteiger partial charge >= 0.3 is 0 Å². The minimum atomic E-state index is -3.48. The molecule has 0 aliphatic carbocycles. The maximum Gasteiger partial charge on any atom is 0.289 e. The van der Waals surface area contributed by atoms with Gasteiger partial charge in [0.1, 0.15) is 12.4 Å². The quantitative estimate of drug-likeness (QED) is 0.849. The second-order valence-electron chi connectivity index (χ2n) is 3.06. The summed E-state index contributed by atoms with van der Waals surface area (Å²) < 4.78 is 38.6. The summed E-state index contributed by atoms with van der Waals surface area (Å²) in [5.74, 6) is -4.12. The van der Waals surface area contributed by atoms with Crippen LogP contribution in [0.2, 0.25) is 5.02 Å². The molecule has 3 N–H and O–H groups in total. The maximum absolute atomic E-state index is 13.0. The highest BCUT2D eigenvalue weighted by Crippen LogP contribution is 2.32. The summed E-state index contributed by atoms with van der Waals surface area (Å²) >= 11 is 5.55. The second kappa shape index (κ2) is 4.38. The summed E-state index contributed by atoms with van der Waals surface area (Å²) in [5.41, 5.74) is 5.12. The van der Waals surface area contributed by atoms with Gasteiger partial charge < -0.3 is 10.8 Å². The van der Waals surface area contributed by atoms with Crippen molar-refractivity contribution in [1.82, 2.24) is 0 Å². The van der Waals surface area contributed by atoms with E-state index < -0.39 is 24.4 Å². The molecule has 0 saturated carbocycles. The number of nitrogens with two attached hydrogens (primary N) is 1. The lowest BCUT2D eigenvalue weighted by atomic mass is 10.0. The van der Waals surface area contributed by atoms with Gasteiger partial charge in [-0.25, -0.2) is 13.2 Å². The molecular weight excluding hydrogens is 231 g/mol. The molecule has 0 aliphatic heterocycles. The Bertz CT molecular complexity index is 359. The van der Waals surface area contributed by atoms with E-state index in [-0.39, 0.29) is 10.6 Å². The first-order valence-electron chi connectivity index (χ1n) is 4.07. The number of alkyl halides is 2. The van der Waals surface area contributed by atoms with E-state index in [1.165, 1.54) is 0 Å². The highest BCUT2D eigenvalue weighted by molar-refractivity contribution is 6.31. The number of aliphatic hydroxyl groups is 1. The van der Waals surface area contributed by atoms with Crippen molar-refractivity contribution in [3.8, 4) is 0 Å². The lowest BCUT2D eigenvalue weighted by Gasteiger charge is -2.22. The monoisotopic (exact) mass is 239 g/mol. The Kier molecular flexibility index (Phi) is 3.59. The molecule has 1 atom stereocenters. The Hall–Kier alpha value is -0.780. The molecule has 1 aromatic rings. The number of hydrogen-bond acceptors (Lipinski definition) is 2. The molecule has 0 aromatic heterocycles. The first-order chi connectivity index (χ1) is 6.88. The number of benzene rings is 1. The Labute approximate surface area is 89.5 Å². The summed E-state index contributed by atoms with van der Waals surface area (Å²) in [7, 11) is 0. The van der Waals surface area contributed by atoms with Gasteiger partial charge in [-0.15, -0.1) is 0 Å². The normalized spacial score (nSPS) is 14.0. The fourth-order valence-electron chi connectivity index (χ4n) is 1.08. The molecule has 1 aromatic carbocycles. The topological polar surface area (TPSA) is 46.2 Å². The van der Waals surface area contributed by atoms with Gasteiger partial charge in [0, 0.05) is 5.02 Å². The van der Waals surface area contributed by atoms with Crippen molar-refractivity contribution in [3.63, 3.8) is 0 Å². The first-order valence-corrected chi connectivity index (χ1v) is 4.45. The van der Waals surface area contributed by atoms with Crippen LogP contribution in [-0.4, -0.2) is 17.6 Å². The Morgan fingerprint density at radius 3 is 2.53 bits per heavy atom. The van der Waals surface area contributed by atoms with Crippen molar-refractivity contribution in [2.45, 2.75) is 12.0 Å². The fourth-order valence-corrected chi connectivity index (χ4v) is 1.36. The van der Waals surface area contributed by atoms with Gasteiger partial charge in [0.15, 0.2) is 0 Å². The van der Waals surface area contributed by atoms with Crippen LogP contribution in [0.4, 0.5) is 13.2 Å². The van der Waals surface area contributed by atoms with E-state index in [2.05, 4.69) is 0 Å². The highest BCUT2D eigenvalue weighted by atomic mass is 35.5. The summed E-state index contributed by atoms with van der Waals surface area (Å²) in [6.07, 6.45) is 0. The van der Waals surface area contributed by atoms with Gasteiger partial charge in [-0.05, 0) is 17.7 Å². The molecule has 0 radical (unpaired) electrons. The average molecular weight is 240 g/mol. The standard InChI is InChI=1S/C9H9ClF3NO/c10-7-3-5(11)1-2-6(7)8(14)9(12,13)4-15/h1-3,8,15H,4,14H2/t8-/m0/s1. The van der Waals surface area contributed by atoms with Gasteiger partial charge in [0.25, 0.3) is 5.92 Å². The van der Waals surface area contributed by atoms with Crippen molar-refractivity contribution in [1.29, 1.82) is 0 Å². The van der Waals surface area contributed by atoms with Crippen molar-refractivity contribution in [3.05, 3.63) is 34.6 Å². The molecule has 84 valence electrons. The third-order valence-electron chi connectivity index (χ3n) is 1.96. The van der Waals surface area contributed by atoms with E-state index in [0.717, 1.165) is 18.2 Å². The fraction of sp³-hybridized carbons (Fsp3) is 0.333. The van der Waals surface area contributed by atoms with E-state index >= 15 is 0 Å². The maximum atomic E-state index is 13.0. The average Bonchev–Trinajstić information content (AvgIpc) is 2.17. The van der Waals surface area contributed by atoms with Crippen molar-refractivity contribution in [2.75, 3.05) is 6.61 Å². The van der Waals surface area contributed by atoms with Crippen LogP contribution in [0.15, 0.2) is 18.2 Å². The first kappa shape index (κ1) is 12.3. The molecule has 1 rings (SSSR count). The van der Waals surface area contributed by atoms with Gasteiger partial charge in [0.2, 0.25) is 0 Å². The SMILES string of the molecule is N[C@@H](c1ccc(F)cc1Cl)C(F)(F)CO. The number of aliphatic hydroxyl groups excluding tert-OH is 1. The van der Waals surface area contributed by atoms with Crippen LogP contribution >= 0.6 is 11.6 Å². The third kappa shape index (κ3) is 2.62. The van der Waals surface area contributed by atoms with Gasteiger partial charge in [0.05, 0.1) is 6.04 Å². The molecule has 0 aliphatic rings. The molecule has 0 amide bonds. The van der Waals surface area contributed by atoms with E-state index in [1.54, 1.807) is 0 Å². The molecule has 0 bridgehead atoms. The minimum Gasteiger partial charge on any atom is -0.390 e. The van der Waals surface area contributed by atoms with Crippen molar-refractivity contribution >= 4 is 11.6 Å². The Balaban J connectivity index is 3.06. The van der Waals surface area contributed by atoms with Crippen molar-refractivity contribution < 1.29 is 18.3 Å².